The number of nitro benzene ring substituents is 2. The van der Waals surface area contributed by atoms with E-state index in [9.17, 15) is 56.2 Å². The molecule has 0 amide bonds. The Morgan fingerprint density at radius 2 is 1.14 bits per heavy atom. The number of non-ortho nitro benzene ring substituents is 2. The molecule has 0 spiro atoms. The summed E-state index contributed by atoms with van der Waals surface area (Å²) in [6, 6.07) is 15.9. The van der Waals surface area contributed by atoms with Gasteiger partial charge in [0.2, 0.25) is 5.89 Å². The lowest BCUT2D eigenvalue weighted by atomic mass is 10.1. The zero-order chi connectivity index (χ0) is 35.8. The van der Waals surface area contributed by atoms with Crippen molar-refractivity contribution in [1.82, 2.24) is 14.5 Å². The van der Waals surface area contributed by atoms with Crippen LogP contribution in [0.2, 0.25) is 0 Å². The van der Waals surface area contributed by atoms with Crippen LogP contribution in [-0.4, -0.2) is 24.4 Å². The second-order valence-corrected chi connectivity index (χ2v) is 10.1. The summed E-state index contributed by atoms with van der Waals surface area (Å²) in [6.07, 6.45) is -9.14. The van der Waals surface area contributed by atoms with Gasteiger partial charge in [0.25, 0.3) is 16.9 Å². The monoisotopic (exact) mass is 685 g/mol. The van der Waals surface area contributed by atoms with Gasteiger partial charge in [-0.2, -0.15) is 26.3 Å². The molecule has 49 heavy (non-hydrogen) atoms. The quantitative estimate of drug-likeness (QED) is 0.105. The summed E-state index contributed by atoms with van der Waals surface area (Å²) in [4.78, 5) is 53.2. The Kier molecular flexibility index (Phi) is 8.73. The molecule has 250 valence electrons. The van der Waals surface area contributed by atoms with Gasteiger partial charge in [-0.25, -0.2) is 14.8 Å². The van der Waals surface area contributed by atoms with Crippen molar-refractivity contribution >= 4 is 33.2 Å². The van der Waals surface area contributed by atoms with E-state index in [1.807, 2.05) is 0 Å². The van der Waals surface area contributed by atoms with Gasteiger partial charge in [-0.3, -0.25) is 29.6 Å². The van der Waals surface area contributed by atoms with Gasteiger partial charge in [-0.1, -0.05) is 30.3 Å². The SMILES string of the molecule is Cn1c(-c2cccc(C(F)(F)F)c2)nc2c([N+](=O)[O-])cccc2c1=O.O=c1oc(-c2cccc(C(F)(F)F)c2)nc2c([N+](=O)[O-])cccc12. The van der Waals surface area contributed by atoms with E-state index >= 15 is 0 Å². The highest BCUT2D eigenvalue weighted by atomic mass is 19.4. The van der Waals surface area contributed by atoms with Gasteiger partial charge < -0.3 is 4.42 Å². The smallest absolute Gasteiger partial charge is 0.403 e. The van der Waals surface area contributed by atoms with Crippen molar-refractivity contribution in [3.05, 3.63) is 137 Å². The molecule has 0 saturated carbocycles. The summed E-state index contributed by atoms with van der Waals surface area (Å²) in [5.41, 5.74) is -4.66. The van der Waals surface area contributed by atoms with Gasteiger partial charge in [0.1, 0.15) is 5.82 Å². The minimum absolute atomic E-state index is 0.0208. The van der Waals surface area contributed by atoms with Gasteiger partial charge in [0.15, 0.2) is 11.0 Å². The second kappa shape index (κ2) is 12.6. The Morgan fingerprint density at radius 1 is 0.673 bits per heavy atom. The van der Waals surface area contributed by atoms with Crippen LogP contribution in [0.1, 0.15) is 11.1 Å². The Balaban J connectivity index is 0.000000191. The number of benzene rings is 4. The average molecular weight is 685 g/mol. The highest BCUT2D eigenvalue weighted by Gasteiger charge is 2.32. The van der Waals surface area contributed by atoms with Crippen LogP contribution in [0.15, 0.2) is 98.9 Å². The third-order valence-electron chi connectivity index (χ3n) is 7.00. The predicted octanol–water partition coefficient (Wildman–Crippen LogP) is 7.31. The first-order valence-electron chi connectivity index (χ1n) is 13.5. The summed E-state index contributed by atoms with van der Waals surface area (Å²) >= 11 is 0. The van der Waals surface area contributed by atoms with E-state index < -0.39 is 56.1 Å². The van der Waals surface area contributed by atoms with Crippen molar-refractivity contribution < 1.29 is 40.6 Å². The second-order valence-electron chi connectivity index (χ2n) is 10.1. The van der Waals surface area contributed by atoms with E-state index in [4.69, 9.17) is 4.42 Å². The van der Waals surface area contributed by atoms with Gasteiger partial charge in [0, 0.05) is 30.3 Å². The number of rotatable bonds is 4. The molecule has 2 aromatic heterocycles. The van der Waals surface area contributed by atoms with Crippen LogP contribution in [0.5, 0.6) is 0 Å². The number of nitro groups is 2. The first-order valence-corrected chi connectivity index (χ1v) is 13.5. The Morgan fingerprint density at radius 3 is 1.67 bits per heavy atom. The normalized spacial score (nSPS) is 11.7. The molecule has 0 atom stereocenters. The lowest BCUT2D eigenvalue weighted by Gasteiger charge is -2.12. The molecule has 0 N–H and O–H groups in total. The van der Waals surface area contributed by atoms with E-state index in [1.54, 1.807) is 0 Å². The van der Waals surface area contributed by atoms with Crippen LogP contribution >= 0.6 is 0 Å². The molecule has 0 bridgehead atoms. The topological polar surface area (TPSA) is 164 Å². The first-order chi connectivity index (χ1) is 23.0. The minimum Gasteiger partial charge on any atom is -0.403 e. The Hall–Kier alpha value is -6.46. The van der Waals surface area contributed by atoms with E-state index in [-0.39, 0.29) is 44.4 Å². The summed E-state index contributed by atoms with van der Waals surface area (Å²) in [5, 5.41) is 22.1. The molecular weight excluding hydrogens is 668 g/mol. The standard InChI is InChI=1S/C16H10F3N3O3.C15H7F3N2O4/c1-21-14(9-4-2-5-10(8-9)16(17,18)19)20-13-11(15(21)23)6-3-7-12(13)22(24)25;16-15(17,18)9-4-1-3-8(7-9)13-19-12-10(14(21)24-13)5-2-6-11(12)20(22)23/h2-8H,1H3;1-7H. The molecule has 6 rings (SSSR count). The van der Waals surface area contributed by atoms with E-state index in [1.165, 1.54) is 55.6 Å². The zero-order valence-electron chi connectivity index (χ0n) is 24.4. The van der Waals surface area contributed by atoms with Crippen LogP contribution in [0.25, 0.3) is 44.6 Å². The molecule has 0 fully saturated rings. The predicted molar refractivity (Wildman–Crippen MR) is 161 cm³/mol. The Labute approximate surface area is 267 Å². The van der Waals surface area contributed by atoms with Crippen molar-refractivity contribution in [2.45, 2.75) is 12.4 Å². The molecule has 0 aliphatic carbocycles. The fourth-order valence-corrected chi connectivity index (χ4v) is 4.70. The van der Waals surface area contributed by atoms with E-state index in [0.717, 1.165) is 41.0 Å². The highest BCUT2D eigenvalue weighted by Crippen LogP contribution is 2.34. The van der Waals surface area contributed by atoms with Crippen LogP contribution < -0.4 is 11.2 Å². The molecular formula is C31H17F6N5O7. The van der Waals surface area contributed by atoms with Gasteiger partial charge >= 0.3 is 18.0 Å². The van der Waals surface area contributed by atoms with Crippen molar-refractivity contribution in [3.63, 3.8) is 0 Å². The van der Waals surface area contributed by atoms with Crippen molar-refractivity contribution in [3.8, 4) is 22.8 Å². The number of fused-ring (bicyclic) bond motifs is 2. The van der Waals surface area contributed by atoms with Crippen LogP contribution in [0.4, 0.5) is 37.7 Å². The lowest BCUT2D eigenvalue weighted by molar-refractivity contribution is -0.383. The number of halogens is 6. The van der Waals surface area contributed by atoms with Crippen LogP contribution in [0, 0.1) is 20.2 Å². The molecule has 0 saturated heterocycles. The number of para-hydroxylation sites is 2. The number of hydrogen-bond acceptors (Lipinski definition) is 9. The number of alkyl halides is 6. The summed E-state index contributed by atoms with van der Waals surface area (Å²) in [6.45, 7) is 0. The molecule has 4 aromatic carbocycles. The summed E-state index contributed by atoms with van der Waals surface area (Å²) in [5.74, 6) is -0.509. The van der Waals surface area contributed by atoms with Gasteiger partial charge in [-0.15, -0.1) is 0 Å². The highest BCUT2D eigenvalue weighted by molar-refractivity contribution is 5.88. The molecule has 0 aliphatic heterocycles. The molecule has 0 aliphatic rings. The summed E-state index contributed by atoms with van der Waals surface area (Å²) in [7, 11) is 1.35. The molecule has 0 unspecified atom stereocenters. The van der Waals surface area contributed by atoms with Crippen LogP contribution in [-0.2, 0) is 19.4 Å². The number of nitrogens with zero attached hydrogens (tertiary/aromatic N) is 5. The number of aromatic nitrogens is 3. The van der Waals surface area contributed by atoms with E-state index in [0.29, 0.717) is 0 Å². The maximum atomic E-state index is 12.9. The first kappa shape index (κ1) is 33.9. The van der Waals surface area contributed by atoms with Gasteiger partial charge in [-0.05, 0) is 42.5 Å². The molecule has 12 nitrogen and oxygen atoms in total. The number of hydrogen-bond donors (Lipinski definition) is 0. The molecule has 2 heterocycles. The largest absolute Gasteiger partial charge is 0.416 e. The average Bonchev–Trinajstić information content (AvgIpc) is 3.05. The minimum atomic E-state index is -4.58. The van der Waals surface area contributed by atoms with E-state index in [2.05, 4.69) is 9.97 Å². The molecule has 18 heteroatoms. The molecule has 0 radical (unpaired) electrons. The fraction of sp³-hybridized carbons (Fsp3) is 0.0968. The third kappa shape index (κ3) is 6.83. The lowest BCUT2D eigenvalue weighted by Crippen LogP contribution is -2.20. The molecule has 6 aromatic rings. The zero-order valence-corrected chi connectivity index (χ0v) is 24.4. The maximum Gasteiger partial charge on any atom is 0.416 e. The van der Waals surface area contributed by atoms with Gasteiger partial charge in [0.05, 0.1) is 31.7 Å². The fourth-order valence-electron chi connectivity index (χ4n) is 4.70. The van der Waals surface area contributed by atoms with Crippen molar-refractivity contribution in [1.29, 1.82) is 0 Å². The van der Waals surface area contributed by atoms with Crippen LogP contribution in [0.3, 0.4) is 0 Å². The Bertz CT molecular complexity index is 2410. The third-order valence-corrected chi connectivity index (χ3v) is 7.00. The maximum absolute atomic E-state index is 12.9. The van der Waals surface area contributed by atoms with Crippen molar-refractivity contribution in [2.24, 2.45) is 7.05 Å². The summed E-state index contributed by atoms with van der Waals surface area (Å²) < 4.78 is 83.1. The van der Waals surface area contributed by atoms with Crippen molar-refractivity contribution in [2.75, 3.05) is 0 Å².